The van der Waals surface area contributed by atoms with Crippen LogP contribution in [0.4, 0.5) is 0 Å². The Labute approximate surface area is 91.1 Å². The Morgan fingerprint density at radius 1 is 1.29 bits per heavy atom. The molecule has 0 aromatic heterocycles. The second-order valence-corrected chi connectivity index (χ2v) is 9.88. The van der Waals surface area contributed by atoms with E-state index in [-0.39, 0.29) is 5.24 Å². The van der Waals surface area contributed by atoms with E-state index in [1.165, 1.54) is 5.19 Å². The molecule has 0 radical (unpaired) electrons. The molecule has 1 nitrogen and oxygen atoms in total. The third-order valence-corrected chi connectivity index (χ3v) is 4.71. The number of halogens is 1. The van der Waals surface area contributed by atoms with Crippen molar-refractivity contribution in [3.8, 4) is 0 Å². The molecular formula is C11H15ClOSi. The number of benzene rings is 1. The molecule has 1 rings (SSSR count). The van der Waals surface area contributed by atoms with Crippen LogP contribution in [0.2, 0.25) is 19.6 Å². The highest BCUT2D eigenvalue weighted by Crippen LogP contribution is 2.13. The minimum Gasteiger partial charge on any atom is -0.276 e. The lowest BCUT2D eigenvalue weighted by atomic mass is 10.1. The summed E-state index contributed by atoms with van der Waals surface area (Å²) in [5.74, 6) is 0. The van der Waals surface area contributed by atoms with Crippen LogP contribution < -0.4 is 5.19 Å². The molecule has 0 heterocycles. The molecule has 0 saturated carbocycles. The topological polar surface area (TPSA) is 17.1 Å². The zero-order valence-electron chi connectivity index (χ0n) is 9.02. The largest absolute Gasteiger partial charge is 0.276 e. The normalized spacial score (nSPS) is 11.5. The number of hydrogen-bond donors (Lipinski definition) is 0. The van der Waals surface area contributed by atoms with E-state index in [1.54, 1.807) is 6.07 Å². The molecule has 0 N–H and O–H groups in total. The summed E-state index contributed by atoms with van der Waals surface area (Å²) in [5, 5.41) is 0.951. The highest BCUT2D eigenvalue weighted by molar-refractivity contribution is 6.89. The maximum Gasteiger partial charge on any atom is 0.252 e. The molecule has 0 amide bonds. The molecule has 0 unspecified atom stereocenters. The predicted molar refractivity (Wildman–Crippen MR) is 64.3 cm³/mol. The third kappa shape index (κ3) is 2.25. The van der Waals surface area contributed by atoms with Crippen LogP contribution in [-0.4, -0.2) is 13.3 Å². The van der Waals surface area contributed by atoms with E-state index in [4.69, 9.17) is 11.6 Å². The van der Waals surface area contributed by atoms with Crippen molar-refractivity contribution in [1.82, 2.24) is 0 Å². The molecule has 76 valence electrons. The Balaban J connectivity index is 3.35. The van der Waals surface area contributed by atoms with Crippen molar-refractivity contribution in [2.45, 2.75) is 26.6 Å². The van der Waals surface area contributed by atoms with Crippen molar-refractivity contribution >= 4 is 30.1 Å². The van der Waals surface area contributed by atoms with Gasteiger partial charge in [-0.05, 0) is 30.2 Å². The Morgan fingerprint density at radius 2 is 1.86 bits per heavy atom. The maximum absolute atomic E-state index is 11.1. The van der Waals surface area contributed by atoms with Gasteiger partial charge in [-0.25, -0.2) is 0 Å². The van der Waals surface area contributed by atoms with E-state index in [0.717, 1.165) is 5.56 Å². The van der Waals surface area contributed by atoms with Gasteiger partial charge in [0.05, 0.1) is 8.07 Å². The quantitative estimate of drug-likeness (QED) is 0.560. The predicted octanol–water partition coefficient (Wildman–Crippen LogP) is 2.92. The van der Waals surface area contributed by atoms with Gasteiger partial charge >= 0.3 is 0 Å². The first-order chi connectivity index (χ1) is 6.34. The molecule has 3 heteroatoms. The van der Waals surface area contributed by atoms with E-state index in [9.17, 15) is 4.79 Å². The van der Waals surface area contributed by atoms with Gasteiger partial charge in [0.1, 0.15) is 0 Å². The van der Waals surface area contributed by atoms with Crippen LogP contribution >= 0.6 is 11.6 Å². The lowest BCUT2D eigenvalue weighted by Crippen LogP contribution is -2.40. The standard InChI is InChI=1S/C11H15ClOSi/c1-8-9(11(12)13)6-5-7-10(8)14(2,3)4/h5-7H,1-4H3. The van der Waals surface area contributed by atoms with Gasteiger partial charge in [0.25, 0.3) is 5.24 Å². The summed E-state index contributed by atoms with van der Waals surface area (Å²) in [6, 6.07) is 5.80. The highest BCUT2D eigenvalue weighted by Gasteiger charge is 2.20. The first kappa shape index (κ1) is 11.5. The van der Waals surface area contributed by atoms with Crippen molar-refractivity contribution in [2.75, 3.05) is 0 Å². The van der Waals surface area contributed by atoms with Gasteiger partial charge in [-0.1, -0.05) is 37.0 Å². The van der Waals surface area contributed by atoms with E-state index >= 15 is 0 Å². The van der Waals surface area contributed by atoms with Crippen molar-refractivity contribution in [2.24, 2.45) is 0 Å². The lowest BCUT2D eigenvalue weighted by molar-refractivity contribution is 0.108. The zero-order valence-corrected chi connectivity index (χ0v) is 10.8. The Bertz CT molecular complexity index is 366. The summed E-state index contributed by atoms with van der Waals surface area (Å²) in [6.07, 6.45) is 0. The van der Waals surface area contributed by atoms with Crippen molar-refractivity contribution < 1.29 is 4.79 Å². The van der Waals surface area contributed by atoms with Crippen molar-refractivity contribution in [3.63, 3.8) is 0 Å². The van der Waals surface area contributed by atoms with E-state index in [2.05, 4.69) is 25.7 Å². The third-order valence-electron chi connectivity index (χ3n) is 2.35. The Morgan fingerprint density at radius 3 is 2.29 bits per heavy atom. The average Bonchev–Trinajstić information content (AvgIpc) is 2.01. The van der Waals surface area contributed by atoms with Crippen LogP contribution in [-0.2, 0) is 0 Å². The summed E-state index contributed by atoms with van der Waals surface area (Å²) < 4.78 is 0. The van der Waals surface area contributed by atoms with Crippen LogP contribution in [0.15, 0.2) is 18.2 Å². The summed E-state index contributed by atoms with van der Waals surface area (Å²) in [4.78, 5) is 11.1. The van der Waals surface area contributed by atoms with E-state index in [0.29, 0.717) is 5.56 Å². The van der Waals surface area contributed by atoms with Crippen molar-refractivity contribution in [3.05, 3.63) is 29.3 Å². The first-order valence-electron chi connectivity index (χ1n) is 4.64. The fourth-order valence-electron chi connectivity index (χ4n) is 1.66. The summed E-state index contributed by atoms with van der Waals surface area (Å²) in [6.45, 7) is 8.76. The summed E-state index contributed by atoms with van der Waals surface area (Å²) >= 11 is 5.51. The van der Waals surface area contributed by atoms with Gasteiger partial charge < -0.3 is 0 Å². The second kappa shape index (κ2) is 3.87. The number of carbonyl (C=O) groups excluding carboxylic acids is 1. The van der Waals surface area contributed by atoms with Gasteiger partial charge in [0.15, 0.2) is 0 Å². The minimum atomic E-state index is -1.37. The van der Waals surface area contributed by atoms with Gasteiger partial charge in [0, 0.05) is 5.56 Å². The monoisotopic (exact) mass is 226 g/mol. The Kier molecular flexibility index (Phi) is 3.17. The minimum absolute atomic E-state index is 0.359. The molecular weight excluding hydrogens is 212 g/mol. The van der Waals surface area contributed by atoms with Crippen LogP contribution in [0.5, 0.6) is 0 Å². The molecule has 0 bridgehead atoms. The Hall–Kier alpha value is -0.603. The number of carbonyl (C=O) groups is 1. The summed E-state index contributed by atoms with van der Waals surface area (Å²) in [5.41, 5.74) is 1.69. The second-order valence-electron chi connectivity index (χ2n) is 4.50. The van der Waals surface area contributed by atoms with Gasteiger partial charge in [-0.15, -0.1) is 0 Å². The molecule has 1 aromatic carbocycles. The van der Waals surface area contributed by atoms with Crippen molar-refractivity contribution in [1.29, 1.82) is 0 Å². The van der Waals surface area contributed by atoms with Crippen LogP contribution in [0, 0.1) is 6.92 Å². The van der Waals surface area contributed by atoms with Crippen LogP contribution in [0.3, 0.4) is 0 Å². The molecule has 0 saturated heterocycles. The molecule has 0 atom stereocenters. The molecule has 0 fully saturated rings. The zero-order chi connectivity index (χ0) is 10.9. The molecule has 0 aliphatic rings. The lowest BCUT2D eigenvalue weighted by Gasteiger charge is -2.20. The average molecular weight is 227 g/mol. The van der Waals surface area contributed by atoms with E-state index in [1.807, 2.05) is 13.0 Å². The van der Waals surface area contributed by atoms with Gasteiger partial charge in [-0.2, -0.15) is 0 Å². The number of rotatable bonds is 2. The smallest absolute Gasteiger partial charge is 0.252 e. The molecule has 0 aliphatic heterocycles. The van der Waals surface area contributed by atoms with Crippen LogP contribution in [0.1, 0.15) is 15.9 Å². The molecule has 0 spiro atoms. The fraction of sp³-hybridized carbons (Fsp3) is 0.364. The van der Waals surface area contributed by atoms with Gasteiger partial charge in [0.2, 0.25) is 0 Å². The van der Waals surface area contributed by atoms with Crippen LogP contribution in [0.25, 0.3) is 0 Å². The molecule has 14 heavy (non-hydrogen) atoms. The number of hydrogen-bond acceptors (Lipinski definition) is 1. The summed E-state index contributed by atoms with van der Waals surface area (Å²) in [7, 11) is -1.37. The fourth-order valence-corrected chi connectivity index (χ4v) is 3.72. The molecule has 0 aliphatic carbocycles. The van der Waals surface area contributed by atoms with E-state index < -0.39 is 8.07 Å². The maximum atomic E-state index is 11.1. The first-order valence-corrected chi connectivity index (χ1v) is 8.52. The molecule has 1 aromatic rings. The highest BCUT2D eigenvalue weighted by atomic mass is 35.5. The van der Waals surface area contributed by atoms with Gasteiger partial charge in [-0.3, -0.25) is 4.79 Å². The SMILES string of the molecule is Cc1c(C(=O)Cl)cccc1[Si](C)(C)C.